The number of likely N-dealkylation sites (tertiary alicyclic amines) is 1. The summed E-state index contributed by atoms with van der Waals surface area (Å²) in [5.41, 5.74) is -0.711. The van der Waals surface area contributed by atoms with Crippen LogP contribution in [0.1, 0.15) is 26.2 Å². The summed E-state index contributed by atoms with van der Waals surface area (Å²) in [7, 11) is 0. The molecule has 1 heterocycles. The van der Waals surface area contributed by atoms with Gasteiger partial charge in [-0.25, -0.2) is 4.79 Å². The topological polar surface area (TPSA) is 89.9 Å². The third-order valence-corrected chi connectivity index (χ3v) is 3.58. The maximum atomic E-state index is 11.9. The van der Waals surface area contributed by atoms with Crippen LogP contribution in [0, 0.1) is 5.92 Å². The Balaban J connectivity index is 1.86. The second-order valence-corrected chi connectivity index (χ2v) is 4.98. The molecule has 0 aromatic rings. The van der Waals surface area contributed by atoms with Gasteiger partial charge in [0.2, 0.25) is 5.91 Å². The Labute approximate surface area is 99.6 Å². The van der Waals surface area contributed by atoms with E-state index in [1.54, 1.807) is 6.92 Å². The van der Waals surface area contributed by atoms with Gasteiger partial charge < -0.3 is 20.4 Å². The van der Waals surface area contributed by atoms with Crippen molar-refractivity contribution in [1.82, 2.24) is 10.2 Å². The monoisotopic (exact) mass is 242 g/mol. The number of carbonyl (C=O) groups excluding carboxylic acids is 1. The minimum atomic E-state index is -1.19. The van der Waals surface area contributed by atoms with E-state index in [4.69, 9.17) is 5.11 Å². The summed E-state index contributed by atoms with van der Waals surface area (Å²) in [6, 6.07) is -0.698. The summed E-state index contributed by atoms with van der Waals surface area (Å²) >= 11 is 0. The maximum Gasteiger partial charge on any atom is 0.405 e. The average molecular weight is 242 g/mol. The second-order valence-electron chi connectivity index (χ2n) is 4.98. The molecule has 2 amide bonds. The zero-order valence-corrected chi connectivity index (χ0v) is 9.85. The van der Waals surface area contributed by atoms with Crippen molar-refractivity contribution in [2.24, 2.45) is 5.92 Å². The molecule has 1 atom stereocenters. The van der Waals surface area contributed by atoms with Crippen LogP contribution >= 0.6 is 0 Å². The SMILES string of the molecule is CCC(NC(=O)O)C(=O)N1CC(O)(C2CC2)C1. The van der Waals surface area contributed by atoms with Crippen molar-refractivity contribution in [2.45, 2.75) is 37.8 Å². The van der Waals surface area contributed by atoms with Crippen molar-refractivity contribution in [2.75, 3.05) is 13.1 Å². The molecule has 6 nitrogen and oxygen atoms in total. The normalized spacial score (nSPS) is 23.8. The van der Waals surface area contributed by atoms with Crippen LogP contribution in [0.15, 0.2) is 0 Å². The molecule has 0 spiro atoms. The van der Waals surface area contributed by atoms with Gasteiger partial charge in [-0.15, -0.1) is 0 Å². The number of nitrogens with one attached hydrogen (secondary N) is 1. The molecule has 2 rings (SSSR count). The number of nitrogens with zero attached hydrogens (tertiary/aromatic N) is 1. The number of amides is 2. The third kappa shape index (κ3) is 2.36. The molecule has 0 radical (unpaired) electrons. The van der Waals surface area contributed by atoms with E-state index >= 15 is 0 Å². The number of carbonyl (C=O) groups is 2. The molecule has 2 aliphatic rings. The molecule has 2 fully saturated rings. The van der Waals surface area contributed by atoms with Crippen molar-refractivity contribution in [3.05, 3.63) is 0 Å². The number of rotatable bonds is 4. The summed E-state index contributed by atoms with van der Waals surface area (Å²) in [5, 5.41) is 20.9. The van der Waals surface area contributed by atoms with Gasteiger partial charge in [-0.1, -0.05) is 6.92 Å². The van der Waals surface area contributed by atoms with E-state index in [2.05, 4.69) is 5.32 Å². The van der Waals surface area contributed by atoms with Gasteiger partial charge in [0.05, 0.1) is 13.1 Å². The molecule has 0 aromatic carbocycles. The van der Waals surface area contributed by atoms with Crippen LogP contribution in [-0.2, 0) is 4.79 Å². The first-order valence-electron chi connectivity index (χ1n) is 5.97. The van der Waals surface area contributed by atoms with Gasteiger partial charge in [0, 0.05) is 0 Å². The zero-order chi connectivity index (χ0) is 12.6. The maximum absolute atomic E-state index is 11.9. The van der Waals surface area contributed by atoms with E-state index in [1.807, 2.05) is 0 Å². The lowest BCUT2D eigenvalue weighted by molar-refractivity contribution is -0.161. The summed E-state index contributed by atoms with van der Waals surface area (Å²) in [6.07, 6.45) is 1.29. The highest BCUT2D eigenvalue weighted by Gasteiger charge is 2.53. The number of hydrogen-bond acceptors (Lipinski definition) is 3. The lowest BCUT2D eigenvalue weighted by atomic mass is 9.88. The van der Waals surface area contributed by atoms with Crippen LogP contribution in [0.4, 0.5) is 4.79 Å². The van der Waals surface area contributed by atoms with Crippen LogP contribution < -0.4 is 5.32 Å². The Hall–Kier alpha value is -1.30. The first kappa shape index (κ1) is 12.2. The van der Waals surface area contributed by atoms with E-state index in [9.17, 15) is 14.7 Å². The summed E-state index contributed by atoms with van der Waals surface area (Å²) in [5.74, 6) is 0.0966. The molecule has 0 aromatic heterocycles. The Morgan fingerprint density at radius 2 is 2.06 bits per heavy atom. The Kier molecular flexibility index (Phi) is 2.99. The lowest BCUT2D eigenvalue weighted by Crippen LogP contribution is -2.67. The number of hydrogen-bond donors (Lipinski definition) is 3. The van der Waals surface area contributed by atoms with Gasteiger partial charge in [0.25, 0.3) is 0 Å². The number of carboxylic acid groups (broad SMARTS) is 1. The van der Waals surface area contributed by atoms with Crippen LogP contribution in [0.2, 0.25) is 0 Å². The first-order chi connectivity index (χ1) is 7.96. The van der Waals surface area contributed by atoms with Crippen molar-refractivity contribution in [3.8, 4) is 0 Å². The molecule has 1 saturated carbocycles. The van der Waals surface area contributed by atoms with E-state index in [0.29, 0.717) is 25.4 Å². The van der Waals surface area contributed by atoms with Crippen LogP contribution in [0.5, 0.6) is 0 Å². The Morgan fingerprint density at radius 1 is 1.47 bits per heavy atom. The minimum absolute atomic E-state index is 0.236. The number of β-amino-alcohol motifs (C(OH)–C–C–N with tert-alkyl or cyclic N) is 1. The standard InChI is InChI=1S/C11H18N2O4/c1-2-8(12-10(15)16)9(14)13-5-11(17,6-13)7-3-4-7/h7-8,12,17H,2-6H2,1H3,(H,15,16). The van der Waals surface area contributed by atoms with Gasteiger partial charge in [-0.2, -0.15) is 0 Å². The quantitative estimate of drug-likeness (QED) is 0.648. The molecular weight excluding hydrogens is 224 g/mol. The lowest BCUT2D eigenvalue weighted by Gasteiger charge is -2.47. The predicted molar refractivity (Wildman–Crippen MR) is 59.5 cm³/mol. The van der Waals surface area contributed by atoms with Gasteiger partial charge in [0.15, 0.2) is 0 Å². The predicted octanol–water partition coefficient (Wildman–Crippen LogP) is 0.0159. The van der Waals surface area contributed by atoms with Gasteiger partial charge in [-0.3, -0.25) is 4.79 Å². The van der Waals surface area contributed by atoms with E-state index in [-0.39, 0.29) is 5.91 Å². The van der Waals surface area contributed by atoms with Gasteiger partial charge in [0.1, 0.15) is 11.6 Å². The summed E-state index contributed by atoms with van der Waals surface area (Å²) in [6.45, 7) is 2.44. The largest absolute Gasteiger partial charge is 0.465 e. The molecule has 3 N–H and O–H groups in total. The van der Waals surface area contributed by atoms with E-state index in [0.717, 1.165) is 12.8 Å². The highest BCUT2D eigenvalue weighted by atomic mass is 16.4. The minimum Gasteiger partial charge on any atom is -0.465 e. The van der Waals surface area contributed by atoms with E-state index < -0.39 is 17.7 Å². The summed E-state index contributed by atoms with van der Waals surface area (Å²) in [4.78, 5) is 24.0. The third-order valence-electron chi connectivity index (χ3n) is 3.58. The van der Waals surface area contributed by atoms with E-state index in [1.165, 1.54) is 4.90 Å². The highest BCUT2D eigenvalue weighted by molar-refractivity contribution is 5.86. The van der Waals surface area contributed by atoms with Crippen molar-refractivity contribution >= 4 is 12.0 Å². The van der Waals surface area contributed by atoms with Gasteiger partial charge in [-0.05, 0) is 25.2 Å². The first-order valence-corrected chi connectivity index (χ1v) is 5.97. The van der Waals surface area contributed by atoms with Crippen molar-refractivity contribution < 1.29 is 19.8 Å². The summed E-state index contributed by atoms with van der Waals surface area (Å²) < 4.78 is 0. The molecule has 1 aliphatic heterocycles. The molecule has 0 bridgehead atoms. The fourth-order valence-electron chi connectivity index (χ4n) is 2.36. The molecule has 17 heavy (non-hydrogen) atoms. The zero-order valence-electron chi connectivity index (χ0n) is 9.85. The van der Waals surface area contributed by atoms with Crippen LogP contribution in [-0.4, -0.2) is 51.8 Å². The highest BCUT2D eigenvalue weighted by Crippen LogP contribution is 2.44. The van der Waals surface area contributed by atoms with Gasteiger partial charge >= 0.3 is 6.09 Å². The fraction of sp³-hybridized carbons (Fsp3) is 0.818. The molecule has 1 unspecified atom stereocenters. The van der Waals surface area contributed by atoms with Crippen LogP contribution in [0.3, 0.4) is 0 Å². The average Bonchev–Trinajstić information content (AvgIpc) is 3.03. The smallest absolute Gasteiger partial charge is 0.405 e. The molecule has 1 saturated heterocycles. The van der Waals surface area contributed by atoms with Crippen LogP contribution in [0.25, 0.3) is 0 Å². The van der Waals surface area contributed by atoms with Crippen molar-refractivity contribution in [3.63, 3.8) is 0 Å². The molecule has 6 heteroatoms. The van der Waals surface area contributed by atoms with Crippen molar-refractivity contribution in [1.29, 1.82) is 0 Å². The Bertz CT molecular complexity index is 334. The molecular formula is C11H18N2O4. The Morgan fingerprint density at radius 3 is 2.47 bits per heavy atom. The molecule has 1 aliphatic carbocycles. The number of aliphatic hydroxyl groups is 1. The second kappa shape index (κ2) is 4.18. The molecule has 96 valence electrons. The fourth-order valence-corrected chi connectivity index (χ4v) is 2.36.